The number of thioether (sulfide) groups is 2. The Morgan fingerprint density at radius 2 is 0.827 bits per heavy atom. The number of nitrogens with one attached hydrogen (secondary N) is 1. The number of para-hydroxylation sites is 3. The predicted molar refractivity (Wildman–Crippen MR) is 700 cm³/mol. The number of aromatic nitrogens is 4. The van der Waals surface area contributed by atoms with E-state index in [2.05, 4.69) is 132 Å². The standard InChI is InChI=1S/C9H8.C8H6N2.C8H6O.C8H6S.C8H10.C7H9N.C7H6O2.C7H8O.C7H8S.C6H7NO.C6H7NS.C5H7NS2.24C2H6/c1-2-5-9-7-3-6-8(9)4-1;1-2-4-8-7(3-1)5-6-9-10-8;2*1-2-4-8-7(3-1)5-6-9-8;1-3-7-5-2-6-8(7)4-1;1-2-6-4-5-8-7(6)3-1;1-2-4-7-6(3-1)8-5-9-7;2*1-2-6-4-5-8-7(6)3-1;2*1-2-5-6(3-1)8-4-7-5;1-2-7-5-4(1)6-3-8-5;24*1-2/h1-6H,7H2;1-6H;2*1-6H;1,3H,2,4-6H2;5H,1-4H2;1-4H,5H2;2*4-5H,1-3H2;2*4H,1-3H2;6H,1-3H2;24*1-2H3. The van der Waals surface area contributed by atoms with Crippen LogP contribution in [0.4, 0.5) is 0 Å². The molecule has 7 aromatic heterocycles. The molecular weight excluding hydrogens is 1930 g/mol. The first-order chi connectivity index (χ1) is 74.6. The molecule has 5 aromatic carbocycles. The maximum Gasteiger partial charge on any atom is 0.231 e. The van der Waals surface area contributed by atoms with E-state index in [1.165, 1.54) is 181 Å². The Kier molecular flexibility index (Phi) is 151. The van der Waals surface area contributed by atoms with E-state index in [4.69, 9.17) is 22.7 Å². The van der Waals surface area contributed by atoms with Gasteiger partial charge in [-0.2, -0.15) is 10.2 Å². The number of aryl methyl sites for hydroxylation is 8. The first kappa shape index (κ1) is 166. The van der Waals surface area contributed by atoms with Crippen LogP contribution in [0, 0.1) is 0 Å². The molecule has 0 radical (unpaired) electrons. The van der Waals surface area contributed by atoms with Crippen LogP contribution in [0.5, 0.6) is 11.5 Å². The monoisotopic (exact) mass is 2170 g/mol. The molecule has 0 amide bonds. The van der Waals surface area contributed by atoms with E-state index >= 15 is 0 Å². The number of hydrogen-bond donors (Lipinski definition) is 1. The van der Waals surface area contributed by atoms with Crippen molar-refractivity contribution < 1.29 is 22.7 Å². The van der Waals surface area contributed by atoms with Crippen LogP contribution in [0.1, 0.15) is 471 Å². The molecule has 11 heterocycles. The molecule has 858 valence electrons. The van der Waals surface area contributed by atoms with Crippen molar-refractivity contribution in [3.8, 4) is 11.5 Å². The molecule has 150 heavy (non-hydrogen) atoms. The second-order valence-corrected chi connectivity index (χ2v) is 30.8. The van der Waals surface area contributed by atoms with Gasteiger partial charge in [-0.1, -0.05) is 465 Å². The summed E-state index contributed by atoms with van der Waals surface area (Å²) in [5.41, 5.74) is 20.1. The number of aliphatic imine (C=N–C) groups is 1. The summed E-state index contributed by atoms with van der Waals surface area (Å²) in [6.07, 6.45) is 45.5. The Bertz CT molecular complexity index is 4270. The van der Waals surface area contributed by atoms with Gasteiger partial charge in [0, 0.05) is 67.9 Å². The molecule has 12 aromatic rings. The average molecular weight is 2170 g/mol. The summed E-state index contributed by atoms with van der Waals surface area (Å²) in [5.74, 6) is 6.41. The maximum absolute atomic E-state index is 5.18. The number of ether oxygens (including phenoxy) is 2. The minimum atomic E-state index is 0.360. The molecule has 0 fully saturated rings. The Hall–Kier alpha value is -8.77. The zero-order valence-electron chi connectivity index (χ0n) is 106. The fourth-order valence-electron chi connectivity index (χ4n) is 13.5. The van der Waals surface area contributed by atoms with Gasteiger partial charge >= 0.3 is 0 Å². The Morgan fingerprint density at radius 3 is 1.39 bits per heavy atom. The molecule has 11 nitrogen and oxygen atoms in total. The lowest BCUT2D eigenvalue weighted by Gasteiger charge is -1.94. The summed E-state index contributed by atoms with van der Waals surface area (Å²) in [5, 5.41) is 19.0. The number of oxazole rings is 1. The van der Waals surface area contributed by atoms with Crippen LogP contribution in [0.2, 0.25) is 0 Å². The topological polar surface area (TPSA) is 134 Å². The molecular formula is C134H232N6O5S5. The van der Waals surface area contributed by atoms with Crippen molar-refractivity contribution in [2.24, 2.45) is 4.99 Å². The molecule has 0 saturated heterocycles. The number of nitrogens with zero attached hydrogens (tertiary/aromatic N) is 5. The van der Waals surface area contributed by atoms with Crippen LogP contribution in [0.25, 0.3) is 38.0 Å². The second kappa shape index (κ2) is 136. The fourth-order valence-corrected chi connectivity index (χ4v) is 18.4. The third-order valence-corrected chi connectivity index (χ3v) is 24.1. The lowest BCUT2D eigenvalue weighted by atomic mass is 10.1. The molecule has 16 heteroatoms. The van der Waals surface area contributed by atoms with Crippen molar-refractivity contribution in [3.63, 3.8) is 0 Å². The smallest absolute Gasteiger partial charge is 0.231 e. The lowest BCUT2D eigenvalue weighted by Crippen LogP contribution is -2.05. The zero-order chi connectivity index (χ0) is 117. The van der Waals surface area contributed by atoms with Gasteiger partial charge in [-0.25, -0.2) is 9.97 Å². The summed E-state index contributed by atoms with van der Waals surface area (Å²) in [6.45, 7) is 96.4. The van der Waals surface area contributed by atoms with E-state index in [0.717, 1.165) is 77.1 Å². The molecule has 0 saturated carbocycles. The van der Waals surface area contributed by atoms with Gasteiger partial charge in [0.15, 0.2) is 17.9 Å². The van der Waals surface area contributed by atoms with Gasteiger partial charge in [0.2, 0.25) is 6.79 Å². The summed E-state index contributed by atoms with van der Waals surface area (Å²) in [4.78, 5) is 15.6. The highest BCUT2D eigenvalue weighted by Gasteiger charge is 2.21. The fraction of sp³-hybridized carbons (Fsp3) is 0.545. The summed E-state index contributed by atoms with van der Waals surface area (Å²) < 4.78 is 28.4. The molecule has 12 aliphatic rings. The molecule has 1 N–H and O–H groups in total. The molecule has 0 unspecified atom stereocenters. The van der Waals surface area contributed by atoms with Crippen molar-refractivity contribution >= 4 is 102 Å². The highest BCUT2D eigenvalue weighted by atomic mass is 32.2. The first-order valence-corrected chi connectivity index (χ1v) is 64.6. The van der Waals surface area contributed by atoms with E-state index in [1.807, 2.05) is 464 Å². The van der Waals surface area contributed by atoms with E-state index < -0.39 is 0 Å². The molecule has 0 bridgehead atoms. The number of hydrogen-bond acceptors (Lipinski definition) is 16. The van der Waals surface area contributed by atoms with E-state index in [-0.39, 0.29) is 0 Å². The van der Waals surface area contributed by atoms with Crippen LogP contribution in [0.15, 0.2) is 262 Å². The maximum atomic E-state index is 5.18. The van der Waals surface area contributed by atoms with E-state index in [0.29, 0.717) is 6.79 Å². The minimum absolute atomic E-state index is 0.360. The van der Waals surface area contributed by atoms with Crippen molar-refractivity contribution in [1.82, 2.24) is 25.5 Å². The van der Waals surface area contributed by atoms with E-state index in [1.54, 1.807) is 72.8 Å². The van der Waals surface area contributed by atoms with Crippen LogP contribution in [0.3, 0.4) is 0 Å². The molecule has 0 spiro atoms. The largest absolute Gasteiger partial charge is 0.469 e. The third kappa shape index (κ3) is 74.3. The summed E-state index contributed by atoms with van der Waals surface area (Å²) in [7, 11) is 0. The average Bonchev–Trinajstić information content (AvgIpc) is 1.63. The van der Waals surface area contributed by atoms with Gasteiger partial charge in [0.05, 0.1) is 51.3 Å². The number of rotatable bonds is 0. The molecule has 8 aliphatic carbocycles. The molecule has 24 rings (SSSR count). The molecule has 4 aliphatic heterocycles. The SMILES string of the molecule is C1=CC2=C(C1)CCC2.C1=Cc2ccccc2C1.C1=NC2=C(C1)CCC2.C1CC2=C(S1)SCN2.CC.CC.CC.CC.CC.CC.CC.CC.CC.CC.CC.CC.CC.CC.CC.CC.CC.CC.CC.CC.CC.CC.CC.CC.c1cc2c(o1)CCC2.c1cc2c(s1)CCC2.c1ccc2c(c1)OCO2.c1ccc2nnccc2c1.c1ccc2occc2c1.c1ccc2sccc2c1.c1nc2c(o1)CCC2.c1nc2c(s1)CCC2. The zero-order valence-corrected chi connectivity index (χ0v) is 110. The van der Waals surface area contributed by atoms with Crippen molar-refractivity contribution in [2.45, 2.75) is 474 Å². The van der Waals surface area contributed by atoms with Crippen molar-refractivity contribution in [1.29, 1.82) is 0 Å². The second-order valence-electron chi connectivity index (χ2n) is 25.6. The lowest BCUT2D eigenvalue weighted by molar-refractivity contribution is 0.174. The van der Waals surface area contributed by atoms with Gasteiger partial charge in [0.1, 0.15) is 17.1 Å². The van der Waals surface area contributed by atoms with Gasteiger partial charge in [0.25, 0.3) is 0 Å². The number of thiophene rings is 2. The van der Waals surface area contributed by atoms with Gasteiger partial charge in [-0.3, -0.25) is 4.99 Å². The van der Waals surface area contributed by atoms with Crippen molar-refractivity contribution in [3.05, 3.63) is 299 Å². The van der Waals surface area contributed by atoms with Gasteiger partial charge in [-0.05, 0) is 232 Å². The number of thiazole rings is 1. The minimum Gasteiger partial charge on any atom is -0.469 e. The normalized spacial score (nSPS) is 12.1. The van der Waals surface area contributed by atoms with E-state index in [9.17, 15) is 0 Å². The van der Waals surface area contributed by atoms with Crippen LogP contribution >= 0.6 is 57.5 Å². The van der Waals surface area contributed by atoms with Gasteiger partial charge < -0.3 is 28.0 Å². The van der Waals surface area contributed by atoms with Crippen LogP contribution in [-0.2, 0) is 57.8 Å². The summed E-state index contributed by atoms with van der Waals surface area (Å²) in [6, 6.07) is 50.7. The third-order valence-electron chi connectivity index (χ3n) is 18.8. The highest BCUT2D eigenvalue weighted by molar-refractivity contribution is 8.22. The van der Waals surface area contributed by atoms with Crippen LogP contribution < -0.4 is 14.8 Å². The Balaban J connectivity index is -0.000000134. The van der Waals surface area contributed by atoms with Gasteiger partial charge in [-0.15, -0.1) is 45.8 Å². The number of benzene rings is 5. The number of allylic oxidation sites excluding steroid dienone is 8. The quantitative estimate of drug-likeness (QED) is 0.155. The highest BCUT2D eigenvalue weighted by Crippen LogP contribution is 2.42. The number of furan rings is 2. The van der Waals surface area contributed by atoms with Crippen molar-refractivity contribution in [2.75, 3.05) is 18.4 Å². The Labute approximate surface area is 949 Å². The number of fused-ring (bicyclic) bond motifs is 9. The summed E-state index contributed by atoms with van der Waals surface area (Å²) >= 11 is 9.44. The van der Waals surface area contributed by atoms with Crippen LogP contribution in [-0.4, -0.2) is 44.8 Å². The molecule has 0 atom stereocenters. The first-order valence-electron chi connectivity index (χ1n) is 60.0. The Morgan fingerprint density at radius 1 is 0.327 bits per heavy atom. The predicted octanol–water partition coefficient (Wildman–Crippen LogP) is 48.0.